The van der Waals surface area contributed by atoms with Gasteiger partial charge in [0.1, 0.15) is 0 Å². The van der Waals surface area contributed by atoms with E-state index in [9.17, 15) is 4.79 Å². The lowest BCUT2D eigenvalue weighted by atomic mass is 9.75. The number of carbonyl (C=O) groups excluding carboxylic acids is 1. The van der Waals surface area contributed by atoms with Crippen LogP contribution in [0, 0.1) is 5.41 Å². The van der Waals surface area contributed by atoms with E-state index in [2.05, 4.69) is 21.2 Å². The maximum absolute atomic E-state index is 12.2. The molecule has 0 saturated heterocycles. The highest BCUT2D eigenvalue weighted by Crippen LogP contribution is 2.37. The van der Waals surface area contributed by atoms with E-state index in [0.717, 1.165) is 18.2 Å². The van der Waals surface area contributed by atoms with Crippen LogP contribution in [0.15, 0.2) is 18.2 Å². The molecule has 0 aromatic heterocycles. The summed E-state index contributed by atoms with van der Waals surface area (Å²) in [7, 11) is 0. The zero-order valence-electron chi connectivity index (χ0n) is 11.2. The lowest BCUT2D eigenvalue weighted by Crippen LogP contribution is -2.40. The fourth-order valence-electron chi connectivity index (χ4n) is 2.69. The maximum Gasteiger partial charge on any atom is 0.252 e. The van der Waals surface area contributed by atoms with Gasteiger partial charge >= 0.3 is 0 Å². The predicted octanol–water partition coefficient (Wildman–Crippen LogP) is 5.07. The van der Waals surface area contributed by atoms with Gasteiger partial charge < -0.3 is 5.32 Å². The molecular weight excluding hydrogens is 361 g/mol. The molecule has 0 unspecified atom stereocenters. The van der Waals surface area contributed by atoms with Gasteiger partial charge in [0.25, 0.3) is 5.91 Å². The number of halogens is 3. The fraction of sp³-hybridized carbons (Fsp3) is 0.533. The molecule has 5 heteroatoms. The minimum absolute atomic E-state index is 0.150. The summed E-state index contributed by atoms with van der Waals surface area (Å²) in [5.41, 5.74) is 0.624. The highest BCUT2D eigenvalue weighted by atomic mass is 79.9. The van der Waals surface area contributed by atoms with Crippen LogP contribution in [0.1, 0.15) is 42.5 Å². The molecule has 0 aliphatic heterocycles. The molecule has 0 bridgehead atoms. The van der Waals surface area contributed by atoms with E-state index in [1.165, 1.54) is 19.3 Å². The van der Waals surface area contributed by atoms with Crippen molar-refractivity contribution in [1.29, 1.82) is 0 Å². The van der Waals surface area contributed by atoms with Crippen LogP contribution in [0.4, 0.5) is 0 Å². The molecule has 2 rings (SSSR count). The molecular formula is C15H18BrCl2NO. The van der Waals surface area contributed by atoms with Crippen molar-refractivity contribution >= 4 is 45.0 Å². The molecule has 1 aliphatic carbocycles. The van der Waals surface area contributed by atoms with E-state index in [1.54, 1.807) is 18.2 Å². The van der Waals surface area contributed by atoms with Crippen LogP contribution in [0.3, 0.4) is 0 Å². The molecule has 2 nitrogen and oxygen atoms in total. The number of amides is 1. The molecule has 1 fully saturated rings. The summed E-state index contributed by atoms with van der Waals surface area (Å²) in [4.78, 5) is 12.2. The molecule has 0 atom stereocenters. The Hall–Kier alpha value is -0.250. The Morgan fingerprint density at radius 3 is 2.60 bits per heavy atom. The van der Waals surface area contributed by atoms with Crippen molar-refractivity contribution in [2.75, 3.05) is 11.9 Å². The Balaban J connectivity index is 2.02. The number of hydrogen-bond donors (Lipinski definition) is 1. The Morgan fingerprint density at radius 1 is 1.25 bits per heavy atom. The Bertz CT molecular complexity index is 487. The first-order valence-corrected chi connectivity index (χ1v) is 8.73. The van der Waals surface area contributed by atoms with Crippen molar-refractivity contribution in [2.45, 2.75) is 32.1 Å². The lowest BCUT2D eigenvalue weighted by Gasteiger charge is -2.35. The maximum atomic E-state index is 12.2. The molecule has 0 radical (unpaired) electrons. The molecule has 0 spiro atoms. The number of hydrogen-bond acceptors (Lipinski definition) is 1. The van der Waals surface area contributed by atoms with Gasteiger partial charge in [0.2, 0.25) is 0 Å². The van der Waals surface area contributed by atoms with Gasteiger partial charge in [0, 0.05) is 16.9 Å². The van der Waals surface area contributed by atoms with E-state index >= 15 is 0 Å². The molecule has 1 N–H and O–H groups in total. The fourth-order valence-corrected chi connectivity index (χ4v) is 3.83. The minimum Gasteiger partial charge on any atom is -0.351 e. The zero-order chi connectivity index (χ0) is 14.6. The summed E-state index contributed by atoms with van der Waals surface area (Å²) in [6, 6.07) is 4.95. The third-order valence-corrected chi connectivity index (χ3v) is 5.75. The molecule has 20 heavy (non-hydrogen) atoms. The van der Waals surface area contributed by atoms with Crippen molar-refractivity contribution in [3.63, 3.8) is 0 Å². The molecule has 1 saturated carbocycles. The normalized spacial score (nSPS) is 17.8. The van der Waals surface area contributed by atoms with Crippen LogP contribution in [0.2, 0.25) is 10.0 Å². The van der Waals surface area contributed by atoms with Crippen LogP contribution in [0.5, 0.6) is 0 Å². The Labute approximate surface area is 138 Å². The first-order valence-electron chi connectivity index (χ1n) is 6.86. The standard InChI is InChI=1S/C15H18BrCl2NO/c16-9-15(6-2-1-3-7-15)10-19-14(20)12-8-11(17)4-5-13(12)18/h4-5,8H,1-3,6-7,9-10H2,(H,19,20). The Morgan fingerprint density at radius 2 is 1.95 bits per heavy atom. The molecule has 1 amide bonds. The van der Waals surface area contributed by atoms with Crippen LogP contribution in [0.25, 0.3) is 0 Å². The molecule has 110 valence electrons. The van der Waals surface area contributed by atoms with E-state index in [-0.39, 0.29) is 11.3 Å². The van der Waals surface area contributed by atoms with Gasteiger partial charge in [-0.2, -0.15) is 0 Å². The van der Waals surface area contributed by atoms with Gasteiger partial charge in [0.05, 0.1) is 10.6 Å². The van der Waals surface area contributed by atoms with Gasteiger partial charge in [0.15, 0.2) is 0 Å². The van der Waals surface area contributed by atoms with Crippen LogP contribution in [-0.4, -0.2) is 17.8 Å². The first kappa shape index (κ1) is 16.1. The average Bonchev–Trinajstić information content (AvgIpc) is 2.48. The minimum atomic E-state index is -0.150. The van der Waals surface area contributed by atoms with Crippen molar-refractivity contribution < 1.29 is 4.79 Å². The van der Waals surface area contributed by atoms with Crippen molar-refractivity contribution in [1.82, 2.24) is 5.32 Å². The summed E-state index contributed by atoms with van der Waals surface area (Å²) in [5, 5.41) is 4.89. The summed E-state index contributed by atoms with van der Waals surface area (Å²) < 4.78 is 0. The quantitative estimate of drug-likeness (QED) is 0.728. The van der Waals surface area contributed by atoms with Crippen LogP contribution < -0.4 is 5.32 Å². The molecule has 0 heterocycles. The first-order chi connectivity index (χ1) is 9.56. The topological polar surface area (TPSA) is 29.1 Å². The number of nitrogens with one attached hydrogen (secondary N) is 1. The van der Waals surface area contributed by atoms with E-state index in [1.807, 2.05) is 0 Å². The zero-order valence-corrected chi connectivity index (χ0v) is 14.3. The van der Waals surface area contributed by atoms with Crippen molar-refractivity contribution in [3.8, 4) is 0 Å². The number of carbonyl (C=O) groups is 1. The van der Waals surface area contributed by atoms with Gasteiger partial charge in [-0.25, -0.2) is 0 Å². The Kier molecular flexibility index (Phi) is 5.76. The number of benzene rings is 1. The van der Waals surface area contributed by atoms with Crippen LogP contribution in [-0.2, 0) is 0 Å². The monoisotopic (exact) mass is 377 g/mol. The molecule has 1 aromatic rings. The second-order valence-corrected chi connectivity index (χ2v) is 6.91. The van der Waals surface area contributed by atoms with Gasteiger partial charge in [-0.1, -0.05) is 58.4 Å². The van der Waals surface area contributed by atoms with Crippen molar-refractivity contribution in [2.24, 2.45) is 5.41 Å². The molecule has 1 aromatic carbocycles. The van der Waals surface area contributed by atoms with Crippen molar-refractivity contribution in [3.05, 3.63) is 33.8 Å². The number of rotatable bonds is 4. The highest BCUT2D eigenvalue weighted by molar-refractivity contribution is 9.09. The van der Waals surface area contributed by atoms with Crippen LogP contribution >= 0.6 is 39.1 Å². The number of alkyl halides is 1. The molecule has 1 aliphatic rings. The van der Waals surface area contributed by atoms with E-state index in [0.29, 0.717) is 22.2 Å². The summed E-state index contributed by atoms with van der Waals surface area (Å²) >= 11 is 15.6. The lowest BCUT2D eigenvalue weighted by molar-refractivity contribution is 0.0922. The summed E-state index contributed by atoms with van der Waals surface area (Å²) in [6.07, 6.45) is 6.07. The smallest absolute Gasteiger partial charge is 0.252 e. The second-order valence-electron chi connectivity index (χ2n) is 5.50. The van der Waals surface area contributed by atoms with E-state index < -0.39 is 0 Å². The SMILES string of the molecule is O=C(NCC1(CBr)CCCCC1)c1cc(Cl)ccc1Cl. The van der Waals surface area contributed by atoms with Gasteiger partial charge in [-0.05, 0) is 36.5 Å². The highest BCUT2D eigenvalue weighted by Gasteiger charge is 2.31. The van der Waals surface area contributed by atoms with E-state index in [4.69, 9.17) is 23.2 Å². The largest absolute Gasteiger partial charge is 0.351 e. The summed E-state index contributed by atoms with van der Waals surface area (Å²) in [5.74, 6) is -0.150. The predicted molar refractivity (Wildman–Crippen MR) is 88.1 cm³/mol. The average molecular weight is 379 g/mol. The third-order valence-electron chi connectivity index (χ3n) is 3.99. The van der Waals surface area contributed by atoms with Gasteiger partial charge in [-0.15, -0.1) is 0 Å². The third kappa shape index (κ3) is 3.90. The summed E-state index contributed by atoms with van der Waals surface area (Å²) in [6.45, 7) is 0.680. The van der Waals surface area contributed by atoms with Gasteiger partial charge in [-0.3, -0.25) is 4.79 Å². The second kappa shape index (κ2) is 7.15.